The van der Waals surface area contributed by atoms with Crippen LogP contribution in [0.4, 0.5) is 0 Å². The Morgan fingerprint density at radius 1 is 0.704 bits per heavy atom. The van der Waals surface area contributed by atoms with Crippen molar-refractivity contribution >= 4 is 0 Å². The molecule has 0 unspecified atom stereocenters. The summed E-state index contributed by atoms with van der Waals surface area (Å²) in [5.74, 6) is 0. The summed E-state index contributed by atoms with van der Waals surface area (Å²) in [6.07, 6.45) is 2.41. The van der Waals surface area contributed by atoms with Gasteiger partial charge in [0, 0.05) is 13.0 Å². The number of hydrogen-bond acceptors (Lipinski definition) is 3. The minimum absolute atomic E-state index is 0.0493. The third kappa shape index (κ3) is 3.04. The molecule has 0 aliphatic rings. The molecule has 4 aromatic rings. The van der Waals surface area contributed by atoms with E-state index in [1.54, 1.807) is 0 Å². The number of nitrogens with zero attached hydrogens (tertiary/aromatic N) is 3. The summed E-state index contributed by atoms with van der Waals surface area (Å²) >= 11 is 0. The topological polar surface area (TPSA) is 50.9 Å². The van der Waals surface area contributed by atoms with Gasteiger partial charge in [-0.15, -0.1) is 5.10 Å². The van der Waals surface area contributed by atoms with Crippen molar-refractivity contribution in [2.75, 3.05) is 6.61 Å². The van der Waals surface area contributed by atoms with Gasteiger partial charge in [-0.3, -0.25) is 0 Å². The maximum Gasteiger partial charge on any atom is 0.139 e. The van der Waals surface area contributed by atoms with Gasteiger partial charge < -0.3 is 5.11 Å². The molecule has 3 aromatic carbocycles. The SMILES string of the molecule is OCCc1cn(C(c2ccccc2)(c2ccccc2)c2ccccc2)nn1. The molecule has 27 heavy (non-hydrogen) atoms. The molecule has 4 rings (SSSR count). The van der Waals surface area contributed by atoms with Gasteiger partial charge in [0.1, 0.15) is 5.54 Å². The van der Waals surface area contributed by atoms with Crippen LogP contribution in [-0.4, -0.2) is 26.7 Å². The first-order chi connectivity index (χ1) is 13.4. The van der Waals surface area contributed by atoms with E-state index in [4.69, 9.17) is 0 Å². The van der Waals surface area contributed by atoms with Crippen molar-refractivity contribution in [3.8, 4) is 0 Å². The number of rotatable bonds is 6. The lowest BCUT2D eigenvalue weighted by atomic mass is 9.77. The highest BCUT2D eigenvalue weighted by atomic mass is 16.3. The van der Waals surface area contributed by atoms with E-state index in [1.807, 2.05) is 65.5 Å². The first-order valence-corrected chi connectivity index (χ1v) is 9.05. The molecule has 134 valence electrons. The van der Waals surface area contributed by atoms with Crippen LogP contribution in [0.25, 0.3) is 0 Å². The Morgan fingerprint density at radius 3 is 1.56 bits per heavy atom. The molecular formula is C23H21N3O. The van der Waals surface area contributed by atoms with E-state index in [0.29, 0.717) is 6.42 Å². The Hall–Kier alpha value is -3.24. The normalized spacial score (nSPS) is 11.4. The zero-order chi connectivity index (χ0) is 18.5. The average molecular weight is 355 g/mol. The highest BCUT2D eigenvalue weighted by Crippen LogP contribution is 2.40. The van der Waals surface area contributed by atoms with Crippen molar-refractivity contribution in [3.05, 3.63) is 120 Å². The molecule has 0 aliphatic heterocycles. The molecule has 0 bridgehead atoms. The Labute approximate surface area is 158 Å². The monoisotopic (exact) mass is 355 g/mol. The van der Waals surface area contributed by atoms with Crippen LogP contribution in [0.15, 0.2) is 97.2 Å². The van der Waals surface area contributed by atoms with Gasteiger partial charge in [0.05, 0.1) is 11.9 Å². The lowest BCUT2D eigenvalue weighted by Crippen LogP contribution is -2.38. The molecule has 0 spiro atoms. The van der Waals surface area contributed by atoms with E-state index in [2.05, 4.69) is 46.7 Å². The van der Waals surface area contributed by atoms with Crippen molar-refractivity contribution in [2.45, 2.75) is 12.0 Å². The van der Waals surface area contributed by atoms with E-state index in [1.165, 1.54) is 0 Å². The molecule has 4 nitrogen and oxygen atoms in total. The van der Waals surface area contributed by atoms with Gasteiger partial charge in [-0.05, 0) is 16.7 Å². The third-order valence-corrected chi connectivity index (χ3v) is 4.83. The second kappa shape index (κ2) is 7.56. The molecule has 0 fully saturated rings. The number of benzene rings is 3. The first kappa shape index (κ1) is 17.2. The number of aliphatic hydroxyl groups excluding tert-OH is 1. The van der Waals surface area contributed by atoms with Crippen LogP contribution in [0.1, 0.15) is 22.4 Å². The quantitative estimate of drug-likeness (QED) is 0.537. The summed E-state index contributed by atoms with van der Waals surface area (Å²) in [7, 11) is 0. The molecule has 0 aliphatic carbocycles. The molecule has 1 aromatic heterocycles. The van der Waals surface area contributed by atoms with E-state index in [-0.39, 0.29) is 6.61 Å². The lowest BCUT2D eigenvalue weighted by Gasteiger charge is -2.35. The van der Waals surface area contributed by atoms with Crippen molar-refractivity contribution < 1.29 is 5.11 Å². The van der Waals surface area contributed by atoms with Crippen molar-refractivity contribution in [1.82, 2.24) is 15.0 Å². The van der Waals surface area contributed by atoms with Gasteiger partial charge in [-0.2, -0.15) is 0 Å². The Kier molecular flexibility index (Phi) is 4.81. The Balaban J connectivity index is 2.06. The second-order valence-corrected chi connectivity index (χ2v) is 6.44. The van der Waals surface area contributed by atoms with Gasteiger partial charge in [-0.1, -0.05) is 96.2 Å². The molecular weight excluding hydrogens is 334 g/mol. The Bertz CT molecular complexity index is 885. The maximum absolute atomic E-state index is 9.31. The van der Waals surface area contributed by atoms with Crippen LogP contribution < -0.4 is 0 Å². The predicted octanol–water partition coefficient (Wildman–Crippen LogP) is 3.65. The Morgan fingerprint density at radius 2 is 1.15 bits per heavy atom. The van der Waals surface area contributed by atoms with E-state index < -0.39 is 5.54 Å². The van der Waals surface area contributed by atoms with Gasteiger partial charge in [-0.25, -0.2) is 4.68 Å². The lowest BCUT2D eigenvalue weighted by molar-refractivity contribution is 0.298. The highest BCUT2D eigenvalue weighted by Gasteiger charge is 2.39. The molecule has 1 N–H and O–H groups in total. The molecule has 0 radical (unpaired) electrons. The van der Waals surface area contributed by atoms with Crippen LogP contribution in [0.2, 0.25) is 0 Å². The van der Waals surface area contributed by atoms with Crippen LogP contribution in [-0.2, 0) is 12.0 Å². The number of aliphatic hydroxyl groups is 1. The standard InChI is InChI=1S/C23H21N3O/c27-17-16-22-18-26(25-24-22)23(19-10-4-1-5-11-19,20-12-6-2-7-13-20)21-14-8-3-9-15-21/h1-15,18,27H,16-17H2. The fraction of sp³-hybridized carbons (Fsp3) is 0.130. The van der Waals surface area contributed by atoms with E-state index in [0.717, 1.165) is 22.4 Å². The summed E-state index contributed by atoms with van der Waals surface area (Å²) in [4.78, 5) is 0. The summed E-state index contributed by atoms with van der Waals surface area (Å²) in [5, 5.41) is 18.1. The van der Waals surface area contributed by atoms with Crippen LogP contribution >= 0.6 is 0 Å². The molecule has 0 amide bonds. The number of hydrogen-bond donors (Lipinski definition) is 1. The predicted molar refractivity (Wildman–Crippen MR) is 105 cm³/mol. The first-order valence-electron chi connectivity index (χ1n) is 9.05. The van der Waals surface area contributed by atoms with Gasteiger partial charge in [0.15, 0.2) is 0 Å². The maximum atomic E-state index is 9.31. The molecule has 1 heterocycles. The zero-order valence-electron chi connectivity index (χ0n) is 14.9. The third-order valence-electron chi connectivity index (χ3n) is 4.83. The summed E-state index contributed by atoms with van der Waals surface area (Å²) in [6, 6.07) is 31.0. The molecule has 0 saturated heterocycles. The van der Waals surface area contributed by atoms with Gasteiger partial charge in [0.2, 0.25) is 0 Å². The van der Waals surface area contributed by atoms with Crippen molar-refractivity contribution in [2.24, 2.45) is 0 Å². The zero-order valence-corrected chi connectivity index (χ0v) is 14.9. The molecule has 4 heteroatoms. The smallest absolute Gasteiger partial charge is 0.139 e. The minimum atomic E-state index is -0.648. The fourth-order valence-corrected chi connectivity index (χ4v) is 3.63. The summed E-state index contributed by atoms with van der Waals surface area (Å²) in [6.45, 7) is 0.0493. The largest absolute Gasteiger partial charge is 0.396 e. The summed E-state index contributed by atoms with van der Waals surface area (Å²) in [5.41, 5.74) is 3.42. The minimum Gasteiger partial charge on any atom is -0.396 e. The van der Waals surface area contributed by atoms with E-state index >= 15 is 0 Å². The van der Waals surface area contributed by atoms with Gasteiger partial charge in [0.25, 0.3) is 0 Å². The molecule has 0 atom stereocenters. The van der Waals surface area contributed by atoms with Crippen LogP contribution in [0.3, 0.4) is 0 Å². The average Bonchev–Trinajstić information content (AvgIpc) is 3.20. The van der Waals surface area contributed by atoms with Crippen LogP contribution in [0, 0.1) is 0 Å². The number of aromatic nitrogens is 3. The van der Waals surface area contributed by atoms with Crippen LogP contribution in [0.5, 0.6) is 0 Å². The highest BCUT2D eigenvalue weighted by molar-refractivity contribution is 5.50. The van der Waals surface area contributed by atoms with Crippen molar-refractivity contribution in [1.29, 1.82) is 0 Å². The van der Waals surface area contributed by atoms with Gasteiger partial charge >= 0.3 is 0 Å². The van der Waals surface area contributed by atoms with E-state index in [9.17, 15) is 5.11 Å². The van der Waals surface area contributed by atoms with Crippen molar-refractivity contribution in [3.63, 3.8) is 0 Å². The second-order valence-electron chi connectivity index (χ2n) is 6.44. The molecule has 0 saturated carbocycles. The summed E-state index contributed by atoms with van der Waals surface area (Å²) < 4.78 is 1.91. The fourth-order valence-electron chi connectivity index (χ4n) is 3.63.